The van der Waals surface area contributed by atoms with Crippen LogP contribution in [0, 0.1) is 5.92 Å². The molecule has 0 spiro atoms. The molecule has 1 aliphatic rings. The highest BCUT2D eigenvalue weighted by atomic mass is 16.5. The Morgan fingerprint density at radius 3 is 2.88 bits per heavy atom. The Balaban J connectivity index is 2.27. The number of carbonyl (C=O) groups is 1. The number of piperidine rings is 1. The van der Waals surface area contributed by atoms with Crippen LogP contribution in [0.1, 0.15) is 19.8 Å². The third-order valence-corrected chi connectivity index (χ3v) is 3.27. The van der Waals surface area contributed by atoms with Crippen molar-refractivity contribution in [3.05, 3.63) is 0 Å². The van der Waals surface area contributed by atoms with E-state index >= 15 is 0 Å². The number of hydrogen-bond donors (Lipinski definition) is 1. The third-order valence-electron chi connectivity index (χ3n) is 3.27. The van der Waals surface area contributed by atoms with E-state index in [1.54, 1.807) is 7.11 Å². The second-order valence-corrected chi connectivity index (χ2v) is 4.53. The number of rotatable bonds is 6. The Bertz CT molecular complexity index is 236. The Hall–Kier alpha value is -0.650. The number of amides is 1. The summed E-state index contributed by atoms with van der Waals surface area (Å²) in [7, 11) is 1.71. The van der Waals surface area contributed by atoms with E-state index in [-0.39, 0.29) is 12.0 Å². The van der Waals surface area contributed by atoms with Crippen molar-refractivity contribution in [1.29, 1.82) is 0 Å². The van der Waals surface area contributed by atoms with Gasteiger partial charge < -0.3 is 20.1 Å². The lowest BCUT2D eigenvalue weighted by Crippen LogP contribution is -2.46. The van der Waals surface area contributed by atoms with E-state index in [9.17, 15) is 4.79 Å². The van der Waals surface area contributed by atoms with Crippen LogP contribution in [-0.4, -0.2) is 56.9 Å². The van der Waals surface area contributed by atoms with E-state index in [1.165, 1.54) is 0 Å². The van der Waals surface area contributed by atoms with Gasteiger partial charge in [0, 0.05) is 26.7 Å². The molecule has 1 rings (SSSR count). The maximum absolute atomic E-state index is 11.9. The topological polar surface area (TPSA) is 64.8 Å². The molecule has 5 heteroatoms. The van der Waals surface area contributed by atoms with E-state index in [1.807, 2.05) is 4.90 Å². The first-order chi connectivity index (χ1) is 8.19. The average Bonchev–Trinajstić information content (AvgIpc) is 2.35. The van der Waals surface area contributed by atoms with Crippen LogP contribution in [0.2, 0.25) is 0 Å². The summed E-state index contributed by atoms with van der Waals surface area (Å²) >= 11 is 0. The van der Waals surface area contributed by atoms with Gasteiger partial charge in [-0.2, -0.15) is 0 Å². The molecule has 5 nitrogen and oxygen atoms in total. The number of ether oxygens (including phenoxy) is 2. The monoisotopic (exact) mass is 244 g/mol. The first-order valence-electron chi connectivity index (χ1n) is 6.27. The molecule has 0 saturated carbocycles. The minimum atomic E-state index is 0.149. The summed E-state index contributed by atoms with van der Waals surface area (Å²) in [6, 6.07) is 0. The summed E-state index contributed by atoms with van der Waals surface area (Å²) in [6.45, 7) is 5.18. The Kier molecular flexibility index (Phi) is 6.47. The molecule has 1 fully saturated rings. The van der Waals surface area contributed by atoms with Gasteiger partial charge in [0.05, 0.1) is 25.7 Å². The van der Waals surface area contributed by atoms with Crippen molar-refractivity contribution >= 4 is 5.91 Å². The van der Waals surface area contributed by atoms with Crippen molar-refractivity contribution in [3.8, 4) is 0 Å². The predicted octanol–water partition coefficient (Wildman–Crippen LogP) is 0.235. The molecule has 1 saturated heterocycles. The third kappa shape index (κ3) is 4.61. The van der Waals surface area contributed by atoms with Gasteiger partial charge in [-0.05, 0) is 12.3 Å². The molecule has 1 amide bonds. The van der Waals surface area contributed by atoms with E-state index in [0.29, 0.717) is 38.6 Å². The van der Waals surface area contributed by atoms with Gasteiger partial charge >= 0.3 is 0 Å². The molecule has 0 aromatic carbocycles. The zero-order valence-corrected chi connectivity index (χ0v) is 10.9. The van der Waals surface area contributed by atoms with Crippen LogP contribution in [0.3, 0.4) is 0 Å². The van der Waals surface area contributed by atoms with Crippen LogP contribution in [-0.2, 0) is 14.3 Å². The van der Waals surface area contributed by atoms with Crippen molar-refractivity contribution in [2.24, 2.45) is 11.7 Å². The van der Waals surface area contributed by atoms with Crippen LogP contribution in [0.15, 0.2) is 0 Å². The molecule has 0 radical (unpaired) electrons. The highest BCUT2D eigenvalue weighted by Crippen LogP contribution is 2.19. The fourth-order valence-corrected chi connectivity index (χ4v) is 2.07. The first kappa shape index (κ1) is 14.4. The molecule has 0 aromatic heterocycles. The minimum Gasteiger partial charge on any atom is -0.380 e. The van der Waals surface area contributed by atoms with Crippen molar-refractivity contribution in [3.63, 3.8) is 0 Å². The number of methoxy groups -OCH3 is 1. The highest BCUT2D eigenvalue weighted by molar-refractivity contribution is 5.76. The standard InChI is InChI=1S/C12H24N2O3/c1-10-3-6-14(9-11(10)16-2)12(15)4-7-17-8-5-13/h10-11H,3-9,13H2,1-2H3. The smallest absolute Gasteiger partial charge is 0.224 e. The largest absolute Gasteiger partial charge is 0.380 e. The maximum Gasteiger partial charge on any atom is 0.224 e. The summed E-state index contributed by atoms with van der Waals surface area (Å²) in [4.78, 5) is 13.8. The summed E-state index contributed by atoms with van der Waals surface area (Å²) in [5, 5.41) is 0. The van der Waals surface area contributed by atoms with Gasteiger partial charge in [-0.15, -0.1) is 0 Å². The molecule has 2 atom stereocenters. The summed E-state index contributed by atoms with van der Waals surface area (Å²) in [5.41, 5.74) is 5.30. The maximum atomic E-state index is 11.9. The molecule has 100 valence electrons. The van der Waals surface area contributed by atoms with E-state index in [2.05, 4.69) is 6.92 Å². The molecule has 1 aliphatic heterocycles. The number of nitrogens with two attached hydrogens (primary N) is 1. The van der Waals surface area contributed by atoms with Crippen LogP contribution in [0.4, 0.5) is 0 Å². The number of nitrogens with zero attached hydrogens (tertiary/aromatic N) is 1. The van der Waals surface area contributed by atoms with Gasteiger partial charge in [0.25, 0.3) is 0 Å². The zero-order valence-electron chi connectivity index (χ0n) is 10.9. The van der Waals surface area contributed by atoms with Crippen molar-refractivity contribution in [2.45, 2.75) is 25.9 Å². The fraction of sp³-hybridized carbons (Fsp3) is 0.917. The second kappa shape index (κ2) is 7.63. The Morgan fingerprint density at radius 1 is 1.47 bits per heavy atom. The predicted molar refractivity (Wildman–Crippen MR) is 65.6 cm³/mol. The van der Waals surface area contributed by atoms with Gasteiger partial charge in [-0.25, -0.2) is 0 Å². The normalized spacial score (nSPS) is 25.0. The lowest BCUT2D eigenvalue weighted by atomic mass is 9.95. The number of carbonyl (C=O) groups excluding carboxylic acids is 1. The molecule has 2 unspecified atom stereocenters. The van der Waals surface area contributed by atoms with Crippen molar-refractivity contribution < 1.29 is 14.3 Å². The summed E-state index contributed by atoms with van der Waals surface area (Å²) in [6.07, 6.45) is 1.61. The van der Waals surface area contributed by atoms with Gasteiger partial charge in [0.1, 0.15) is 0 Å². The summed E-state index contributed by atoms with van der Waals surface area (Å²) in [5.74, 6) is 0.675. The van der Waals surface area contributed by atoms with E-state index in [0.717, 1.165) is 13.0 Å². The molecule has 0 aliphatic carbocycles. The second-order valence-electron chi connectivity index (χ2n) is 4.53. The van der Waals surface area contributed by atoms with Gasteiger partial charge in [-0.1, -0.05) is 6.92 Å². The van der Waals surface area contributed by atoms with Crippen molar-refractivity contribution in [2.75, 3.05) is 40.0 Å². The summed E-state index contributed by atoms with van der Waals surface area (Å²) < 4.78 is 10.6. The minimum absolute atomic E-state index is 0.149. The Morgan fingerprint density at radius 2 is 2.24 bits per heavy atom. The number of likely N-dealkylation sites (tertiary alicyclic amines) is 1. The SMILES string of the molecule is COC1CN(C(=O)CCOCCN)CCC1C. The zero-order chi connectivity index (χ0) is 12.7. The number of hydrogen-bond acceptors (Lipinski definition) is 4. The van der Waals surface area contributed by atoms with E-state index in [4.69, 9.17) is 15.2 Å². The lowest BCUT2D eigenvalue weighted by molar-refractivity contribution is -0.137. The van der Waals surface area contributed by atoms with Crippen LogP contribution < -0.4 is 5.73 Å². The fourth-order valence-electron chi connectivity index (χ4n) is 2.07. The Labute approximate surface area is 103 Å². The van der Waals surface area contributed by atoms with E-state index < -0.39 is 0 Å². The quantitative estimate of drug-likeness (QED) is 0.680. The molecular weight excluding hydrogens is 220 g/mol. The van der Waals surface area contributed by atoms with Gasteiger partial charge in [0.15, 0.2) is 0 Å². The van der Waals surface area contributed by atoms with Crippen LogP contribution in [0.25, 0.3) is 0 Å². The highest BCUT2D eigenvalue weighted by Gasteiger charge is 2.28. The molecule has 0 bridgehead atoms. The molecule has 1 heterocycles. The molecule has 2 N–H and O–H groups in total. The molecule has 0 aromatic rings. The van der Waals surface area contributed by atoms with Crippen molar-refractivity contribution in [1.82, 2.24) is 4.90 Å². The van der Waals surface area contributed by atoms with Crippen LogP contribution in [0.5, 0.6) is 0 Å². The lowest BCUT2D eigenvalue weighted by Gasteiger charge is -2.36. The average molecular weight is 244 g/mol. The first-order valence-corrected chi connectivity index (χ1v) is 6.27. The van der Waals surface area contributed by atoms with Gasteiger partial charge in [-0.3, -0.25) is 4.79 Å². The van der Waals surface area contributed by atoms with Gasteiger partial charge in [0.2, 0.25) is 5.91 Å². The van der Waals surface area contributed by atoms with Crippen LogP contribution >= 0.6 is 0 Å². The molecule has 17 heavy (non-hydrogen) atoms. The molecular formula is C12H24N2O3.